The van der Waals surface area contributed by atoms with Gasteiger partial charge in [-0.05, 0) is 53.0 Å². The van der Waals surface area contributed by atoms with Crippen molar-refractivity contribution in [2.24, 2.45) is 0 Å². The molecule has 4 rings (SSSR count). The van der Waals surface area contributed by atoms with Crippen molar-refractivity contribution in [1.29, 1.82) is 0 Å². The Bertz CT molecular complexity index is 1100. The SMILES string of the molecule is CCOc1cc(C(=S)N2CCN(Cc3ccccc3)CC2)c(Br)cc1OCc1ccc(C)cc1. The van der Waals surface area contributed by atoms with Crippen LogP contribution in [-0.2, 0) is 13.2 Å². The number of thiocarbonyl (C=S) groups is 1. The first-order valence-corrected chi connectivity index (χ1v) is 12.9. The van der Waals surface area contributed by atoms with E-state index in [4.69, 9.17) is 21.7 Å². The Labute approximate surface area is 216 Å². The fourth-order valence-corrected chi connectivity index (χ4v) is 5.04. The minimum absolute atomic E-state index is 0.486. The molecule has 1 aliphatic rings. The Morgan fingerprint density at radius 3 is 2.24 bits per heavy atom. The maximum Gasteiger partial charge on any atom is 0.162 e. The zero-order valence-corrected chi connectivity index (χ0v) is 22.2. The number of hydrogen-bond donors (Lipinski definition) is 0. The predicted octanol–water partition coefficient (Wildman–Crippen LogP) is 6.23. The van der Waals surface area contributed by atoms with Crippen LogP contribution in [0.1, 0.15) is 29.2 Å². The van der Waals surface area contributed by atoms with E-state index < -0.39 is 0 Å². The molecule has 3 aromatic carbocycles. The van der Waals surface area contributed by atoms with E-state index in [0.717, 1.165) is 59.1 Å². The van der Waals surface area contributed by atoms with E-state index in [1.165, 1.54) is 11.1 Å². The minimum atomic E-state index is 0.486. The van der Waals surface area contributed by atoms with Crippen LogP contribution in [0.5, 0.6) is 11.5 Å². The first-order chi connectivity index (χ1) is 16.5. The van der Waals surface area contributed by atoms with Gasteiger partial charge in [0.15, 0.2) is 11.5 Å². The molecule has 0 N–H and O–H groups in total. The van der Waals surface area contributed by atoms with Crippen LogP contribution in [0.4, 0.5) is 0 Å². The van der Waals surface area contributed by atoms with Gasteiger partial charge in [0.2, 0.25) is 0 Å². The normalized spacial score (nSPS) is 14.1. The van der Waals surface area contributed by atoms with Crippen molar-refractivity contribution in [3.05, 3.63) is 93.5 Å². The Balaban J connectivity index is 1.42. The van der Waals surface area contributed by atoms with Crippen LogP contribution in [0, 0.1) is 6.92 Å². The van der Waals surface area contributed by atoms with Crippen LogP contribution < -0.4 is 9.47 Å². The van der Waals surface area contributed by atoms with E-state index in [2.05, 4.69) is 87.3 Å². The summed E-state index contributed by atoms with van der Waals surface area (Å²) in [5, 5.41) is 0. The van der Waals surface area contributed by atoms with Crippen LogP contribution in [0.15, 0.2) is 71.2 Å². The highest BCUT2D eigenvalue weighted by Crippen LogP contribution is 2.35. The number of hydrogen-bond acceptors (Lipinski definition) is 4. The molecule has 1 fully saturated rings. The molecule has 34 heavy (non-hydrogen) atoms. The third kappa shape index (κ3) is 6.38. The van der Waals surface area contributed by atoms with Crippen LogP contribution in [-0.4, -0.2) is 47.6 Å². The minimum Gasteiger partial charge on any atom is -0.490 e. The van der Waals surface area contributed by atoms with Gasteiger partial charge in [0.05, 0.1) is 6.61 Å². The molecule has 0 spiro atoms. The van der Waals surface area contributed by atoms with Crippen LogP contribution >= 0.6 is 28.1 Å². The second-order valence-corrected chi connectivity index (χ2v) is 9.78. The highest BCUT2D eigenvalue weighted by molar-refractivity contribution is 9.10. The quantitative estimate of drug-likeness (QED) is 0.316. The Kier molecular flexibility index (Phi) is 8.59. The van der Waals surface area contributed by atoms with E-state index in [0.29, 0.717) is 19.0 Å². The second-order valence-electron chi connectivity index (χ2n) is 8.54. The molecular formula is C28H31BrN2O2S. The molecule has 178 valence electrons. The van der Waals surface area contributed by atoms with E-state index in [1.807, 2.05) is 19.1 Å². The lowest BCUT2D eigenvalue weighted by molar-refractivity contribution is 0.177. The topological polar surface area (TPSA) is 24.9 Å². The number of aryl methyl sites for hydroxylation is 1. The van der Waals surface area contributed by atoms with Gasteiger partial charge in [0, 0.05) is 42.8 Å². The lowest BCUT2D eigenvalue weighted by atomic mass is 10.1. The molecule has 1 aliphatic heterocycles. The summed E-state index contributed by atoms with van der Waals surface area (Å²) in [5.41, 5.74) is 4.68. The highest BCUT2D eigenvalue weighted by Gasteiger charge is 2.23. The molecular weight excluding hydrogens is 508 g/mol. The number of halogens is 1. The summed E-state index contributed by atoms with van der Waals surface area (Å²) in [6, 6.07) is 23.0. The fourth-order valence-electron chi connectivity index (χ4n) is 4.05. The van der Waals surface area contributed by atoms with E-state index in [-0.39, 0.29) is 0 Å². The Morgan fingerprint density at radius 2 is 1.56 bits per heavy atom. The Hall–Kier alpha value is -2.41. The van der Waals surface area contributed by atoms with Gasteiger partial charge < -0.3 is 14.4 Å². The van der Waals surface area contributed by atoms with Gasteiger partial charge in [0.1, 0.15) is 11.6 Å². The van der Waals surface area contributed by atoms with Crippen LogP contribution in [0.2, 0.25) is 0 Å². The molecule has 4 nitrogen and oxygen atoms in total. The summed E-state index contributed by atoms with van der Waals surface area (Å²) < 4.78 is 13.0. The monoisotopic (exact) mass is 538 g/mol. The summed E-state index contributed by atoms with van der Waals surface area (Å²) in [4.78, 5) is 5.62. The molecule has 1 saturated heterocycles. The molecule has 0 amide bonds. The van der Waals surface area contributed by atoms with Gasteiger partial charge in [-0.15, -0.1) is 0 Å². The smallest absolute Gasteiger partial charge is 0.162 e. The van der Waals surface area contributed by atoms with Gasteiger partial charge in [-0.3, -0.25) is 4.90 Å². The van der Waals surface area contributed by atoms with Gasteiger partial charge in [-0.25, -0.2) is 0 Å². The number of benzene rings is 3. The molecule has 0 saturated carbocycles. The van der Waals surface area contributed by atoms with Crippen molar-refractivity contribution in [3.63, 3.8) is 0 Å². The second kappa shape index (κ2) is 11.8. The lowest BCUT2D eigenvalue weighted by Gasteiger charge is -2.36. The fraction of sp³-hybridized carbons (Fsp3) is 0.321. The van der Waals surface area contributed by atoms with Crippen molar-refractivity contribution in [2.75, 3.05) is 32.8 Å². The zero-order chi connectivity index (χ0) is 23.9. The lowest BCUT2D eigenvalue weighted by Crippen LogP contribution is -2.48. The van der Waals surface area contributed by atoms with Crippen molar-refractivity contribution < 1.29 is 9.47 Å². The average Bonchev–Trinajstić information content (AvgIpc) is 2.86. The van der Waals surface area contributed by atoms with Crippen LogP contribution in [0.3, 0.4) is 0 Å². The third-order valence-corrected chi connectivity index (χ3v) is 7.12. The van der Waals surface area contributed by atoms with Crippen molar-refractivity contribution in [1.82, 2.24) is 9.80 Å². The molecule has 0 aromatic heterocycles. The van der Waals surface area contributed by atoms with E-state index in [9.17, 15) is 0 Å². The highest BCUT2D eigenvalue weighted by atomic mass is 79.9. The predicted molar refractivity (Wildman–Crippen MR) is 146 cm³/mol. The summed E-state index contributed by atoms with van der Waals surface area (Å²) in [6.45, 7) is 9.89. The molecule has 0 atom stereocenters. The standard InChI is InChI=1S/C28H31BrN2O2S/c1-3-32-26-17-24(25(29)18-27(26)33-20-23-11-9-21(2)10-12-23)28(34)31-15-13-30(14-16-31)19-22-7-5-4-6-8-22/h4-12,17-18H,3,13-16,19-20H2,1-2H3. The number of rotatable bonds is 8. The molecule has 6 heteroatoms. The molecule has 1 heterocycles. The summed E-state index contributed by atoms with van der Waals surface area (Å²) in [5.74, 6) is 1.44. The molecule has 0 bridgehead atoms. The first kappa shape index (κ1) is 24.7. The van der Waals surface area contributed by atoms with E-state index in [1.54, 1.807) is 0 Å². The number of piperazine rings is 1. The Morgan fingerprint density at radius 1 is 0.882 bits per heavy atom. The van der Waals surface area contributed by atoms with Crippen molar-refractivity contribution in [3.8, 4) is 11.5 Å². The maximum atomic E-state index is 6.13. The van der Waals surface area contributed by atoms with Gasteiger partial charge >= 0.3 is 0 Å². The largest absolute Gasteiger partial charge is 0.490 e. The first-order valence-electron chi connectivity index (χ1n) is 11.7. The molecule has 3 aromatic rings. The van der Waals surface area contributed by atoms with Crippen molar-refractivity contribution in [2.45, 2.75) is 27.0 Å². The van der Waals surface area contributed by atoms with Crippen LogP contribution in [0.25, 0.3) is 0 Å². The molecule has 0 radical (unpaired) electrons. The zero-order valence-electron chi connectivity index (χ0n) is 19.8. The maximum absolute atomic E-state index is 6.13. The van der Waals surface area contributed by atoms with E-state index >= 15 is 0 Å². The van der Waals surface area contributed by atoms with Gasteiger partial charge in [0.25, 0.3) is 0 Å². The summed E-state index contributed by atoms with van der Waals surface area (Å²) in [6.07, 6.45) is 0. The molecule has 0 aliphatic carbocycles. The molecule has 0 unspecified atom stereocenters. The summed E-state index contributed by atoms with van der Waals surface area (Å²) >= 11 is 9.65. The number of ether oxygens (including phenoxy) is 2. The summed E-state index contributed by atoms with van der Waals surface area (Å²) in [7, 11) is 0. The van der Waals surface area contributed by atoms with Gasteiger partial charge in [-0.1, -0.05) is 72.4 Å². The number of nitrogens with zero attached hydrogens (tertiary/aromatic N) is 2. The average molecular weight is 540 g/mol. The third-order valence-electron chi connectivity index (χ3n) is 5.99. The van der Waals surface area contributed by atoms with Crippen molar-refractivity contribution >= 4 is 33.1 Å². The van der Waals surface area contributed by atoms with Gasteiger partial charge in [-0.2, -0.15) is 0 Å².